The van der Waals surface area contributed by atoms with Crippen molar-refractivity contribution in [3.63, 3.8) is 0 Å². The molecule has 0 bridgehead atoms. The highest BCUT2D eigenvalue weighted by Crippen LogP contribution is 2.32. The van der Waals surface area contributed by atoms with Crippen molar-refractivity contribution in [2.45, 2.75) is 76.4 Å². The molecule has 110 valence electrons. The quantitative estimate of drug-likeness (QED) is 0.764. The largest absolute Gasteiger partial charge is 0.353 e. The predicted octanol–water partition coefficient (Wildman–Crippen LogP) is 1.64. The number of piperazine rings is 1. The summed E-state index contributed by atoms with van der Waals surface area (Å²) in [7, 11) is 0. The van der Waals surface area contributed by atoms with Crippen LogP contribution in [0.4, 0.5) is 0 Å². The summed E-state index contributed by atoms with van der Waals surface area (Å²) in [6, 6.07) is 0.525. The van der Waals surface area contributed by atoms with Crippen LogP contribution in [0, 0.1) is 0 Å². The number of carbonyl (C=O) groups is 1. The van der Waals surface area contributed by atoms with Gasteiger partial charge in [-0.05, 0) is 39.7 Å². The van der Waals surface area contributed by atoms with Crippen LogP contribution >= 0.6 is 0 Å². The summed E-state index contributed by atoms with van der Waals surface area (Å²) < 4.78 is 0. The molecule has 1 aliphatic carbocycles. The molecule has 0 spiro atoms. The summed E-state index contributed by atoms with van der Waals surface area (Å²) in [5, 5.41) is 3.06. The van der Waals surface area contributed by atoms with Gasteiger partial charge in [0.2, 0.25) is 5.91 Å². The van der Waals surface area contributed by atoms with Gasteiger partial charge in [-0.25, -0.2) is 0 Å². The number of nitrogens with zero attached hydrogens (tertiary/aromatic N) is 1. The molecular formula is C15H29N3O. The highest BCUT2D eigenvalue weighted by atomic mass is 16.2. The molecule has 1 unspecified atom stereocenters. The zero-order valence-corrected chi connectivity index (χ0v) is 12.5. The Kier molecular flexibility index (Phi) is 4.85. The van der Waals surface area contributed by atoms with E-state index in [1.807, 2.05) is 0 Å². The van der Waals surface area contributed by atoms with Gasteiger partial charge < -0.3 is 11.1 Å². The summed E-state index contributed by atoms with van der Waals surface area (Å²) >= 11 is 0. The zero-order valence-electron chi connectivity index (χ0n) is 12.5. The molecular weight excluding hydrogens is 238 g/mol. The third-order valence-electron chi connectivity index (χ3n) is 4.69. The lowest BCUT2D eigenvalue weighted by molar-refractivity contribution is -0.137. The van der Waals surface area contributed by atoms with Crippen LogP contribution in [0.3, 0.4) is 0 Å². The Balaban J connectivity index is 2.20. The summed E-state index contributed by atoms with van der Waals surface area (Å²) in [6.45, 7) is 5.84. The second-order valence-corrected chi connectivity index (χ2v) is 6.68. The molecule has 1 saturated heterocycles. The second-order valence-electron chi connectivity index (χ2n) is 6.68. The molecule has 0 aromatic rings. The molecule has 0 radical (unpaired) electrons. The van der Waals surface area contributed by atoms with E-state index in [9.17, 15) is 4.79 Å². The van der Waals surface area contributed by atoms with Crippen LogP contribution < -0.4 is 11.1 Å². The van der Waals surface area contributed by atoms with E-state index in [4.69, 9.17) is 5.73 Å². The van der Waals surface area contributed by atoms with Gasteiger partial charge in [-0.1, -0.05) is 25.7 Å². The number of rotatable bonds is 3. The lowest BCUT2D eigenvalue weighted by atomic mass is 9.89. The number of nitrogens with one attached hydrogen (secondary N) is 1. The van der Waals surface area contributed by atoms with Gasteiger partial charge in [0.15, 0.2) is 0 Å². The van der Waals surface area contributed by atoms with Gasteiger partial charge in [-0.2, -0.15) is 0 Å². The van der Waals surface area contributed by atoms with Crippen LogP contribution in [0.25, 0.3) is 0 Å². The standard InChI is InChI=1S/C15H29N3O/c1-15(2)11-17-14(19)13(9-10-16)18(15)12-7-5-3-4-6-8-12/h12-13H,3-11,16H2,1-2H3,(H,17,19). The minimum absolute atomic E-state index is 0.0307. The maximum Gasteiger partial charge on any atom is 0.237 e. The van der Waals surface area contributed by atoms with Gasteiger partial charge in [-0.15, -0.1) is 0 Å². The summed E-state index contributed by atoms with van der Waals surface area (Å²) in [5.74, 6) is 0.175. The Bertz CT molecular complexity index is 309. The first-order chi connectivity index (χ1) is 9.06. The molecule has 1 saturated carbocycles. The maximum absolute atomic E-state index is 12.2. The first-order valence-corrected chi connectivity index (χ1v) is 7.82. The van der Waals surface area contributed by atoms with Crippen molar-refractivity contribution in [1.29, 1.82) is 0 Å². The van der Waals surface area contributed by atoms with Gasteiger partial charge >= 0.3 is 0 Å². The van der Waals surface area contributed by atoms with Gasteiger partial charge in [0, 0.05) is 18.1 Å². The Hall–Kier alpha value is -0.610. The van der Waals surface area contributed by atoms with Crippen LogP contribution in [0.5, 0.6) is 0 Å². The van der Waals surface area contributed by atoms with Crippen LogP contribution in [0.2, 0.25) is 0 Å². The molecule has 1 atom stereocenters. The van der Waals surface area contributed by atoms with Gasteiger partial charge in [-0.3, -0.25) is 9.69 Å². The van der Waals surface area contributed by atoms with Crippen molar-refractivity contribution in [3.8, 4) is 0 Å². The van der Waals surface area contributed by atoms with Crippen LogP contribution in [0.1, 0.15) is 58.8 Å². The number of amides is 1. The minimum Gasteiger partial charge on any atom is -0.353 e. The van der Waals surface area contributed by atoms with Crippen LogP contribution in [-0.2, 0) is 4.79 Å². The van der Waals surface area contributed by atoms with Gasteiger partial charge in [0.1, 0.15) is 0 Å². The Morgan fingerprint density at radius 1 is 1.26 bits per heavy atom. The summed E-state index contributed by atoms with van der Waals surface area (Å²) in [4.78, 5) is 14.7. The molecule has 2 rings (SSSR count). The van der Waals surface area contributed by atoms with E-state index < -0.39 is 0 Å². The molecule has 1 amide bonds. The molecule has 2 fully saturated rings. The fourth-order valence-corrected chi connectivity index (χ4v) is 3.77. The highest BCUT2D eigenvalue weighted by molar-refractivity contribution is 5.83. The van der Waals surface area contributed by atoms with Crippen molar-refractivity contribution < 1.29 is 4.79 Å². The lowest BCUT2D eigenvalue weighted by Crippen LogP contribution is -2.68. The van der Waals surface area contributed by atoms with Gasteiger partial charge in [0.25, 0.3) is 0 Å². The van der Waals surface area contributed by atoms with E-state index >= 15 is 0 Å². The number of nitrogens with two attached hydrogens (primary N) is 1. The van der Waals surface area contributed by atoms with Crippen molar-refractivity contribution in [2.75, 3.05) is 13.1 Å². The van der Waals surface area contributed by atoms with E-state index in [2.05, 4.69) is 24.1 Å². The predicted molar refractivity (Wildman–Crippen MR) is 77.9 cm³/mol. The van der Waals surface area contributed by atoms with Crippen molar-refractivity contribution in [3.05, 3.63) is 0 Å². The first kappa shape index (κ1) is 14.8. The molecule has 0 aromatic heterocycles. The molecule has 4 heteroatoms. The lowest BCUT2D eigenvalue weighted by Gasteiger charge is -2.51. The van der Waals surface area contributed by atoms with E-state index in [1.165, 1.54) is 38.5 Å². The SMILES string of the molecule is CC1(C)CNC(=O)C(CCN)N1C1CCCCCC1. The number of hydrogen-bond acceptors (Lipinski definition) is 3. The van der Waals surface area contributed by atoms with E-state index in [0.717, 1.165) is 13.0 Å². The monoisotopic (exact) mass is 267 g/mol. The topological polar surface area (TPSA) is 58.4 Å². The third-order valence-corrected chi connectivity index (χ3v) is 4.69. The average Bonchev–Trinajstić information content (AvgIpc) is 2.63. The fourth-order valence-electron chi connectivity index (χ4n) is 3.77. The summed E-state index contributed by atoms with van der Waals surface area (Å²) in [6.07, 6.45) is 8.53. The van der Waals surface area contributed by atoms with Crippen molar-refractivity contribution >= 4 is 5.91 Å². The van der Waals surface area contributed by atoms with Gasteiger partial charge in [0.05, 0.1) is 6.04 Å². The third kappa shape index (κ3) is 3.29. The normalized spacial score (nSPS) is 29.8. The number of carbonyl (C=O) groups excluding carboxylic acids is 1. The summed E-state index contributed by atoms with van der Waals surface area (Å²) in [5.41, 5.74) is 5.77. The van der Waals surface area contributed by atoms with Crippen molar-refractivity contribution in [1.82, 2.24) is 10.2 Å². The molecule has 0 aromatic carbocycles. The molecule has 4 nitrogen and oxygen atoms in total. The fraction of sp³-hybridized carbons (Fsp3) is 0.933. The molecule has 19 heavy (non-hydrogen) atoms. The molecule has 1 aliphatic heterocycles. The average molecular weight is 267 g/mol. The van der Waals surface area contributed by atoms with E-state index in [0.29, 0.717) is 12.6 Å². The molecule has 3 N–H and O–H groups in total. The van der Waals surface area contributed by atoms with E-state index in [-0.39, 0.29) is 17.5 Å². The number of hydrogen-bond donors (Lipinski definition) is 2. The Labute approximate surface area is 117 Å². The Morgan fingerprint density at radius 2 is 1.89 bits per heavy atom. The minimum atomic E-state index is -0.0307. The first-order valence-electron chi connectivity index (χ1n) is 7.82. The van der Waals surface area contributed by atoms with Crippen LogP contribution in [0.15, 0.2) is 0 Å². The molecule has 1 heterocycles. The van der Waals surface area contributed by atoms with E-state index in [1.54, 1.807) is 0 Å². The highest BCUT2D eigenvalue weighted by Gasteiger charge is 2.43. The Morgan fingerprint density at radius 3 is 2.47 bits per heavy atom. The molecule has 2 aliphatic rings. The smallest absolute Gasteiger partial charge is 0.237 e. The van der Waals surface area contributed by atoms with Crippen molar-refractivity contribution in [2.24, 2.45) is 5.73 Å². The van der Waals surface area contributed by atoms with Crippen LogP contribution in [-0.4, -0.2) is 41.5 Å². The maximum atomic E-state index is 12.2. The second kappa shape index (κ2) is 6.23. The zero-order chi connectivity index (χ0) is 13.9.